The number of nitrogens with zero attached hydrogens (tertiary/aromatic N) is 1. The quantitative estimate of drug-likeness (QED) is 0.717. The van der Waals surface area contributed by atoms with Crippen LogP contribution in [0.4, 0.5) is 5.69 Å². The van der Waals surface area contributed by atoms with E-state index in [1.54, 1.807) is 18.3 Å². The van der Waals surface area contributed by atoms with Gasteiger partial charge in [-0.1, -0.05) is 35.9 Å². The van der Waals surface area contributed by atoms with Crippen molar-refractivity contribution in [2.45, 2.75) is 13.3 Å². The van der Waals surface area contributed by atoms with Crippen molar-refractivity contribution in [3.05, 3.63) is 64.8 Å². The van der Waals surface area contributed by atoms with Crippen molar-refractivity contribution in [3.63, 3.8) is 0 Å². The zero-order chi connectivity index (χ0) is 15.7. The Morgan fingerprint density at radius 2 is 2.05 bits per heavy atom. The summed E-state index contributed by atoms with van der Waals surface area (Å²) in [5.41, 5.74) is 3.06. The second kappa shape index (κ2) is 5.73. The van der Waals surface area contributed by atoms with Gasteiger partial charge in [0.25, 0.3) is 0 Å². The summed E-state index contributed by atoms with van der Waals surface area (Å²) < 4.78 is 1.04. The van der Waals surface area contributed by atoms with E-state index < -0.39 is 0 Å². The van der Waals surface area contributed by atoms with Crippen molar-refractivity contribution in [1.82, 2.24) is 4.73 Å². The van der Waals surface area contributed by atoms with Crippen molar-refractivity contribution in [1.29, 1.82) is 0 Å². The molecule has 0 aliphatic carbocycles. The van der Waals surface area contributed by atoms with Crippen molar-refractivity contribution >= 4 is 34.1 Å². The summed E-state index contributed by atoms with van der Waals surface area (Å²) in [4.78, 5) is 12.2. The van der Waals surface area contributed by atoms with E-state index in [9.17, 15) is 10.0 Å². The molecule has 1 aromatic heterocycles. The molecule has 2 aromatic carbocycles. The highest BCUT2D eigenvalue weighted by atomic mass is 35.5. The van der Waals surface area contributed by atoms with Crippen LogP contribution in [0.1, 0.15) is 11.1 Å². The molecule has 0 bridgehead atoms. The Balaban J connectivity index is 1.83. The predicted octanol–water partition coefficient (Wildman–Crippen LogP) is 4.02. The smallest absolute Gasteiger partial charge is 0.228 e. The Hall–Kier alpha value is -2.46. The second-order valence-electron chi connectivity index (χ2n) is 5.22. The number of fused-ring (bicyclic) bond motifs is 1. The number of halogens is 1. The maximum absolute atomic E-state index is 12.2. The molecule has 0 unspecified atom stereocenters. The van der Waals surface area contributed by atoms with Crippen LogP contribution < -0.4 is 5.32 Å². The topological polar surface area (TPSA) is 54.3 Å². The fourth-order valence-corrected chi connectivity index (χ4v) is 2.64. The molecule has 0 atom stereocenters. The number of hydrogen-bond donors (Lipinski definition) is 2. The average molecular weight is 315 g/mol. The van der Waals surface area contributed by atoms with Gasteiger partial charge in [0.2, 0.25) is 5.91 Å². The SMILES string of the molecule is Cc1ccc(Cl)c(NC(=O)Cc2cn(O)c3ccccc23)c1. The van der Waals surface area contributed by atoms with E-state index in [2.05, 4.69) is 5.32 Å². The number of aryl methyl sites for hydroxylation is 1. The third kappa shape index (κ3) is 2.78. The van der Waals surface area contributed by atoms with Gasteiger partial charge in [0.05, 0.1) is 22.6 Å². The lowest BCUT2D eigenvalue weighted by Crippen LogP contribution is -2.14. The van der Waals surface area contributed by atoms with Gasteiger partial charge in [0, 0.05) is 11.6 Å². The van der Waals surface area contributed by atoms with Crippen LogP contribution in [0.3, 0.4) is 0 Å². The molecular formula is C17H15ClN2O2. The maximum Gasteiger partial charge on any atom is 0.228 e. The molecule has 0 fully saturated rings. The lowest BCUT2D eigenvalue weighted by molar-refractivity contribution is -0.115. The minimum Gasteiger partial charge on any atom is -0.428 e. The van der Waals surface area contributed by atoms with E-state index in [1.165, 1.54) is 0 Å². The second-order valence-corrected chi connectivity index (χ2v) is 5.63. The Morgan fingerprint density at radius 1 is 1.27 bits per heavy atom. The summed E-state index contributed by atoms with van der Waals surface area (Å²) in [5, 5.41) is 14.0. The number of carbonyl (C=O) groups is 1. The van der Waals surface area contributed by atoms with Gasteiger partial charge in [-0.15, -0.1) is 0 Å². The number of anilines is 1. The minimum absolute atomic E-state index is 0.165. The number of hydrogen-bond acceptors (Lipinski definition) is 2. The fraction of sp³-hybridized carbons (Fsp3) is 0.118. The number of carbonyl (C=O) groups excluding carboxylic acids is 1. The third-order valence-electron chi connectivity index (χ3n) is 3.52. The average Bonchev–Trinajstić information content (AvgIpc) is 2.80. The summed E-state index contributed by atoms with van der Waals surface area (Å²) in [6.07, 6.45) is 1.72. The first-order valence-corrected chi connectivity index (χ1v) is 7.26. The van der Waals surface area contributed by atoms with Crippen LogP contribution in [0.25, 0.3) is 10.9 Å². The highest BCUT2D eigenvalue weighted by Crippen LogP contribution is 2.24. The number of para-hydroxylation sites is 1. The molecule has 112 valence electrons. The van der Waals surface area contributed by atoms with Crippen LogP contribution in [0.5, 0.6) is 0 Å². The van der Waals surface area contributed by atoms with Crippen LogP contribution in [0.2, 0.25) is 5.02 Å². The largest absolute Gasteiger partial charge is 0.428 e. The molecule has 22 heavy (non-hydrogen) atoms. The molecule has 1 amide bonds. The normalized spacial score (nSPS) is 10.8. The Morgan fingerprint density at radius 3 is 2.86 bits per heavy atom. The molecule has 0 aliphatic heterocycles. The highest BCUT2D eigenvalue weighted by molar-refractivity contribution is 6.33. The van der Waals surface area contributed by atoms with Crippen molar-refractivity contribution in [2.24, 2.45) is 0 Å². The molecule has 0 radical (unpaired) electrons. The molecular weight excluding hydrogens is 300 g/mol. The molecule has 1 heterocycles. The Bertz CT molecular complexity index is 855. The van der Waals surface area contributed by atoms with Crippen LogP contribution in [0, 0.1) is 6.92 Å². The van der Waals surface area contributed by atoms with Crippen molar-refractivity contribution in [3.8, 4) is 0 Å². The van der Waals surface area contributed by atoms with Crippen LogP contribution >= 0.6 is 11.6 Å². The molecule has 0 saturated heterocycles. The highest BCUT2D eigenvalue weighted by Gasteiger charge is 2.12. The van der Waals surface area contributed by atoms with Gasteiger partial charge in [0.1, 0.15) is 0 Å². The van der Waals surface area contributed by atoms with E-state index in [-0.39, 0.29) is 12.3 Å². The Kier molecular flexibility index (Phi) is 3.77. The van der Waals surface area contributed by atoms with Crippen molar-refractivity contribution in [2.75, 3.05) is 5.32 Å². The third-order valence-corrected chi connectivity index (χ3v) is 3.85. The molecule has 0 aliphatic rings. The molecule has 0 saturated carbocycles. The van der Waals surface area contributed by atoms with Gasteiger partial charge in [-0.2, -0.15) is 4.73 Å². The maximum atomic E-state index is 12.2. The van der Waals surface area contributed by atoms with Gasteiger partial charge >= 0.3 is 0 Å². The van der Waals surface area contributed by atoms with E-state index in [0.717, 1.165) is 21.2 Å². The molecule has 2 N–H and O–H groups in total. The van der Waals surface area contributed by atoms with E-state index in [4.69, 9.17) is 11.6 Å². The van der Waals surface area contributed by atoms with Gasteiger partial charge in [-0.25, -0.2) is 0 Å². The number of amides is 1. The summed E-state index contributed by atoms with van der Waals surface area (Å²) >= 11 is 6.08. The summed E-state index contributed by atoms with van der Waals surface area (Å²) in [7, 11) is 0. The van der Waals surface area contributed by atoms with Crippen LogP contribution in [-0.4, -0.2) is 15.8 Å². The first-order valence-electron chi connectivity index (χ1n) is 6.89. The zero-order valence-electron chi connectivity index (χ0n) is 12.0. The predicted molar refractivity (Wildman–Crippen MR) is 87.6 cm³/mol. The Labute approximate surface area is 132 Å². The lowest BCUT2D eigenvalue weighted by atomic mass is 10.1. The fourth-order valence-electron chi connectivity index (χ4n) is 2.47. The molecule has 0 spiro atoms. The standard InChI is InChI=1S/C17H15ClN2O2/c1-11-6-7-14(18)15(8-11)19-17(21)9-12-10-20(22)16-5-3-2-4-13(12)16/h2-8,10,22H,9H2,1H3,(H,19,21). The van der Waals surface area contributed by atoms with E-state index >= 15 is 0 Å². The summed E-state index contributed by atoms with van der Waals surface area (Å²) in [6.45, 7) is 1.94. The number of aromatic nitrogens is 1. The van der Waals surface area contributed by atoms with E-state index in [1.807, 2.05) is 37.3 Å². The van der Waals surface area contributed by atoms with Crippen LogP contribution in [-0.2, 0) is 11.2 Å². The molecule has 3 rings (SSSR count). The molecule has 4 nitrogen and oxygen atoms in total. The van der Waals surface area contributed by atoms with Gasteiger partial charge in [0.15, 0.2) is 0 Å². The van der Waals surface area contributed by atoms with Crippen LogP contribution in [0.15, 0.2) is 48.7 Å². The minimum atomic E-state index is -0.177. The number of benzene rings is 2. The van der Waals surface area contributed by atoms with Crippen molar-refractivity contribution < 1.29 is 10.0 Å². The van der Waals surface area contributed by atoms with Gasteiger partial charge in [-0.3, -0.25) is 4.79 Å². The first-order chi connectivity index (χ1) is 10.5. The molecule has 3 aromatic rings. The first kappa shape index (κ1) is 14.5. The lowest BCUT2D eigenvalue weighted by Gasteiger charge is -2.07. The monoisotopic (exact) mass is 314 g/mol. The van der Waals surface area contributed by atoms with E-state index in [0.29, 0.717) is 16.2 Å². The number of nitrogens with one attached hydrogen (secondary N) is 1. The zero-order valence-corrected chi connectivity index (χ0v) is 12.8. The summed E-state index contributed by atoms with van der Waals surface area (Å²) in [5.74, 6) is -0.177. The molecule has 5 heteroatoms. The van der Waals surface area contributed by atoms with Gasteiger partial charge < -0.3 is 10.5 Å². The van der Waals surface area contributed by atoms with Gasteiger partial charge in [-0.05, 0) is 36.2 Å². The number of rotatable bonds is 3. The summed E-state index contributed by atoms with van der Waals surface area (Å²) in [6, 6.07) is 12.9.